The summed E-state index contributed by atoms with van der Waals surface area (Å²) in [6, 6.07) is 5.98. The Balaban J connectivity index is 2.04. The summed E-state index contributed by atoms with van der Waals surface area (Å²) < 4.78 is 24.5. The molecule has 2 amide bonds. The fraction of sp³-hybridized carbons (Fsp3) is 0.429. The monoisotopic (exact) mass is 325 g/mol. The van der Waals surface area contributed by atoms with Gasteiger partial charge < -0.3 is 10.6 Å². The summed E-state index contributed by atoms with van der Waals surface area (Å²) in [6.07, 6.45) is 2.30. The summed E-state index contributed by atoms with van der Waals surface area (Å²) in [4.78, 5) is 23.2. The molecule has 120 valence electrons. The van der Waals surface area contributed by atoms with Crippen molar-refractivity contribution in [2.75, 3.05) is 23.4 Å². The topological polar surface area (TPSA) is 95.6 Å². The molecule has 0 unspecified atom stereocenters. The summed E-state index contributed by atoms with van der Waals surface area (Å²) in [5.41, 5.74) is 1.18. The maximum atomic E-state index is 12.2. The molecule has 0 radical (unpaired) electrons. The third-order valence-electron chi connectivity index (χ3n) is 3.41. The van der Waals surface area contributed by atoms with Crippen LogP contribution >= 0.6 is 0 Å². The van der Waals surface area contributed by atoms with Crippen molar-refractivity contribution in [2.24, 2.45) is 0 Å². The number of benzene rings is 1. The van der Waals surface area contributed by atoms with E-state index in [2.05, 4.69) is 10.6 Å². The van der Waals surface area contributed by atoms with Gasteiger partial charge in [0.05, 0.1) is 6.26 Å². The van der Waals surface area contributed by atoms with Gasteiger partial charge in [-0.25, -0.2) is 8.42 Å². The Morgan fingerprint density at radius 2 is 1.68 bits per heavy atom. The molecule has 2 N–H and O–H groups in total. The van der Waals surface area contributed by atoms with Crippen molar-refractivity contribution in [2.45, 2.75) is 25.8 Å². The minimum absolute atomic E-state index is 0.175. The zero-order valence-electron chi connectivity index (χ0n) is 12.5. The molecule has 1 aromatic rings. The minimum Gasteiger partial charge on any atom is -0.326 e. The number of amides is 2. The summed E-state index contributed by atoms with van der Waals surface area (Å²) >= 11 is 0. The van der Waals surface area contributed by atoms with Gasteiger partial charge in [0.15, 0.2) is 0 Å². The standard InChI is InChI=1S/C14H19N3O4S/c1-10(18)15-11-5-7-12(8-6-11)16-14(19)13-4-3-9-17(13)22(2,20)21/h5-8,13H,3-4,9H2,1-2H3,(H,15,18)(H,16,19)/t13-/m1/s1. The Hall–Kier alpha value is -1.93. The van der Waals surface area contributed by atoms with Crippen LogP contribution in [0.15, 0.2) is 24.3 Å². The lowest BCUT2D eigenvalue weighted by Gasteiger charge is -2.21. The van der Waals surface area contributed by atoms with Crippen LogP contribution in [-0.2, 0) is 19.6 Å². The molecule has 1 heterocycles. The minimum atomic E-state index is -3.38. The summed E-state index contributed by atoms with van der Waals surface area (Å²) in [7, 11) is -3.38. The molecule has 8 heteroatoms. The van der Waals surface area contributed by atoms with Crippen LogP contribution < -0.4 is 10.6 Å². The van der Waals surface area contributed by atoms with Gasteiger partial charge >= 0.3 is 0 Å². The maximum Gasteiger partial charge on any atom is 0.242 e. The van der Waals surface area contributed by atoms with Gasteiger partial charge in [-0.2, -0.15) is 4.31 Å². The van der Waals surface area contributed by atoms with Gasteiger partial charge in [-0.3, -0.25) is 9.59 Å². The second-order valence-electron chi connectivity index (χ2n) is 5.28. The number of hydrogen-bond acceptors (Lipinski definition) is 4. The lowest BCUT2D eigenvalue weighted by molar-refractivity contribution is -0.119. The Bertz CT molecular complexity index is 670. The van der Waals surface area contributed by atoms with Gasteiger partial charge in [0, 0.05) is 24.8 Å². The number of anilines is 2. The molecule has 1 aliphatic rings. The predicted molar refractivity (Wildman–Crippen MR) is 83.9 cm³/mol. The quantitative estimate of drug-likeness (QED) is 0.863. The molecule has 2 rings (SSSR count). The fourth-order valence-corrected chi connectivity index (χ4v) is 3.59. The fourth-order valence-electron chi connectivity index (χ4n) is 2.46. The van der Waals surface area contributed by atoms with Crippen LogP contribution in [0, 0.1) is 0 Å². The van der Waals surface area contributed by atoms with Crippen molar-refractivity contribution < 1.29 is 18.0 Å². The molecule has 1 atom stereocenters. The third kappa shape index (κ3) is 4.05. The van der Waals surface area contributed by atoms with E-state index in [1.165, 1.54) is 11.2 Å². The SMILES string of the molecule is CC(=O)Nc1ccc(NC(=O)[C@H]2CCCN2S(C)(=O)=O)cc1. The van der Waals surface area contributed by atoms with E-state index in [1.54, 1.807) is 24.3 Å². The van der Waals surface area contributed by atoms with E-state index in [9.17, 15) is 18.0 Å². The zero-order chi connectivity index (χ0) is 16.3. The highest BCUT2D eigenvalue weighted by Crippen LogP contribution is 2.22. The summed E-state index contributed by atoms with van der Waals surface area (Å²) in [5, 5.41) is 5.34. The van der Waals surface area contributed by atoms with Crippen LogP contribution in [0.25, 0.3) is 0 Å². The number of nitrogens with one attached hydrogen (secondary N) is 2. The number of hydrogen-bond donors (Lipinski definition) is 2. The van der Waals surface area contributed by atoms with Gasteiger partial charge in [0.2, 0.25) is 21.8 Å². The summed E-state index contributed by atoms with van der Waals surface area (Å²) in [6.45, 7) is 1.79. The van der Waals surface area contributed by atoms with Crippen LogP contribution in [0.2, 0.25) is 0 Å². The first kappa shape index (κ1) is 16.4. The maximum absolute atomic E-state index is 12.2. The van der Waals surface area contributed by atoms with Crippen molar-refractivity contribution in [3.8, 4) is 0 Å². The van der Waals surface area contributed by atoms with Gasteiger partial charge in [0.1, 0.15) is 6.04 Å². The molecule has 1 saturated heterocycles. The van der Waals surface area contributed by atoms with E-state index < -0.39 is 16.1 Å². The van der Waals surface area contributed by atoms with Crippen molar-refractivity contribution >= 4 is 33.2 Å². The van der Waals surface area contributed by atoms with Gasteiger partial charge in [-0.1, -0.05) is 0 Å². The normalized spacial score (nSPS) is 18.9. The Morgan fingerprint density at radius 3 is 2.18 bits per heavy atom. The Labute approximate surface area is 129 Å². The zero-order valence-corrected chi connectivity index (χ0v) is 13.3. The molecule has 7 nitrogen and oxygen atoms in total. The van der Waals surface area contributed by atoms with Crippen LogP contribution in [-0.4, -0.2) is 43.4 Å². The van der Waals surface area contributed by atoms with Crippen molar-refractivity contribution in [3.05, 3.63) is 24.3 Å². The average molecular weight is 325 g/mol. The van der Waals surface area contributed by atoms with Gasteiger partial charge in [-0.05, 0) is 37.1 Å². The highest BCUT2D eigenvalue weighted by molar-refractivity contribution is 7.88. The first-order chi connectivity index (χ1) is 10.3. The smallest absolute Gasteiger partial charge is 0.242 e. The van der Waals surface area contributed by atoms with Crippen molar-refractivity contribution in [3.63, 3.8) is 0 Å². The number of sulfonamides is 1. The first-order valence-electron chi connectivity index (χ1n) is 6.93. The number of carbonyl (C=O) groups excluding carboxylic acids is 2. The molecule has 0 spiro atoms. The van der Waals surface area contributed by atoms with Crippen LogP contribution in [0.3, 0.4) is 0 Å². The second-order valence-corrected chi connectivity index (χ2v) is 7.21. The largest absolute Gasteiger partial charge is 0.326 e. The average Bonchev–Trinajstić information content (AvgIpc) is 2.89. The molecular weight excluding hydrogens is 306 g/mol. The first-order valence-corrected chi connectivity index (χ1v) is 8.77. The molecule has 0 bridgehead atoms. The van der Waals surface area contributed by atoms with E-state index in [1.807, 2.05) is 0 Å². The number of nitrogens with zero attached hydrogens (tertiary/aromatic N) is 1. The lowest BCUT2D eigenvalue weighted by Crippen LogP contribution is -2.42. The molecular formula is C14H19N3O4S. The molecule has 0 saturated carbocycles. The highest BCUT2D eigenvalue weighted by atomic mass is 32.2. The highest BCUT2D eigenvalue weighted by Gasteiger charge is 2.36. The second kappa shape index (κ2) is 6.45. The van der Waals surface area contributed by atoms with Crippen LogP contribution in [0.1, 0.15) is 19.8 Å². The molecule has 1 fully saturated rings. The van der Waals surface area contributed by atoms with E-state index in [0.717, 1.165) is 6.26 Å². The molecule has 1 aromatic carbocycles. The van der Waals surface area contributed by atoms with E-state index in [4.69, 9.17) is 0 Å². The van der Waals surface area contributed by atoms with Crippen LogP contribution in [0.4, 0.5) is 11.4 Å². The number of rotatable bonds is 4. The van der Waals surface area contributed by atoms with E-state index in [-0.39, 0.29) is 11.8 Å². The summed E-state index contributed by atoms with van der Waals surface area (Å²) in [5.74, 6) is -0.512. The molecule has 22 heavy (non-hydrogen) atoms. The predicted octanol–water partition coefficient (Wildman–Crippen LogP) is 1.01. The van der Waals surface area contributed by atoms with Gasteiger partial charge in [-0.15, -0.1) is 0 Å². The van der Waals surface area contributed by atoms with E-state index >= 15 is 0 Å². The molecule has 0 aliphatic carbocycles. The van der Waals surface area contributed by atoms with Crippen molar-refractivity contribution in [1.82, 2.24) is 4.31 Å². The van der Waals surface area contributed by atoms with Crippen LogP contribution in [0.5, 0.6) is 0 Å². The van der Waals surface area contributed by atoms with Gasteiger partial charge in [0.25, 0.3) is 0 Å². The third-order valence-corrected chi connectivity index (χ3v) is 4.69. The molecule has 1 aliphatic heterocycles. The van der Waals surface area contributed by atoms with Crippen molar-refractivity contribution in [1.29, 1.82) is 0 Å². The number of carbonyl (C=O) groups is 2. The Kier molecular flexibility index (Phi) is 4.82. The molecule has 0 aromatic heterocycles. The lowest BCUT2D eigenvalue weighted by atomic mass is 10.2. The Morgan fingerprint density at radius 1 is 1.14 bits per heavy atom. The van der Waals surface area contributed by atoms with E-state index in [0.29, 0.717) is 30.8 Å².